The molecular formula is C33H50O4. The molecule has 0 heterocycles. The van der Waals surface area contributed by atoms with E-state index in [9.17, 15) is 14.4 Å². The molecule has 5 aliphatic carbocycles. The van der Waals surface area contributed by atoms with E-state index in [1.807, 2.05) is 20.8 Å². The predicted octanol–water partition coefficient (Wildman–Crippen LogP) is 7.49. The van der Waals surface area contributed by atoms with Crippen LogP contribution in [0.5, 0.6) is 0 Å². The second-order valence-electron chi connectivity index (χ2n) is 15.6. The Labute approximate surface area is 224 Å². The number of rotatable bonds is 2. The monoisotopic (exact) mass is 510 g/mol. The van der Waals surface area contributed by atoms with E-state index >= 15 is 0 Å². The van der Waals surface area contributed by atoms with Gasteiger partial charge in [0, 0.05) is 18.8 Å². The average Bonchev–Trinajstić information content (AvgIpc) is 3.09. The Balaban J connectivity index is 1.60. The highest BCUT2D eigenvalue weighted by Crippen LogP contribution is 2.75. The van der Waals surface area contributed by atoms with Crippen LogP contribution in [0.4, 0.5) is 0 Å². The van der Waals surface area contributed by atoms with Crippen molar-refractivity contribution in [1.82, 2.24) is 0 Å². The lowest BCUT2D eigenvalue weighted by Crippen LogP contribution is -2.64. The van der Waals surface area contributed by atoms with Crippen molar-refractivity contribution < 1.29 is 19.1 Å². The van der Waals surface area contributed by atoms with Crippen LogP contribution < -0.4 is 0 Å². The zero-order valence-electron chi connectivity index (χ0n) is 24.9. The maximum Gasteiger partial charge on any atom is 0.317 e. The summed E-state index contributed by atoms with van der Waals surface area (Å²) in [6, 6.07) is 0. The van der Waals surface area contributed by atoms with Gasteiger partial charge in [-0.1, -0.05) is 41.5 Å². The molecule has 4 nitrogen and oxygen atoms in total. The second kappa shape index (κ2) is 8.28. The Morgan fingerprint density at radius 3 is 2.24 bits per heavy atom. The van der Waals surface area contributed by atoms with Crippen molar-refractivity contribution in [2.75, 3.05) is 0 Å². The summed E-state index contributed by atoms with van der Waals surface area (Å²) < 4.78 is 6.05. The van der Waals surface area contributed by atoms with Gasteiger partial charge in [-0.2, -0.15) is 0 Å². The Hall–Kier alpha value is -1.45. The molecule has 4 saturated carbocycles. The van der Waals surface area contributed by atoms with Gasteiger partial charge in [0.2, 0.25) is 0 Å². The standard InChI is InChI=1S/C33H50O4/c1-19(2)26-24(35)18-33(28(36)37-29(4,5)6)17-16-31(8)22(27(26)33)10-11-25-30(7)14-13-23(34)20(3)21(30)12-15-32(25,31)9/h19-22,25H,10-18H2,1-9H3/t20?,21?,22?,25?,30?,31-,32?,33?/m1/s1. The van der Waals surface area contributed by atoms with E-state index in [1.54, 1.807) is 0 Å². The summed E-state index contributed by atoms with van der Waals surface area (Å²) in [6.07, 6.45) is 8.11. The van der Waals surface area contributed by atoms with E-state index < -0.39 is 11.0 Å². The quantitative estimate of drug-likeness (QED) is 0.361. The van der Waals surface area contributed by atoms with Gasteiger partial charge in [0.05, 0.1) is 5.41 Å². The molecular weight excluding hydrogens is 460 g/mol. The summed E-state index contributed by atoms with van der Waals surface area (Å²) >= 11 is 0. The average molecular weight is 511 g/mol. The van der Waals surface area contributed by atoms with Crippen molar-refractivity contribution >= 4 is 17.5 Å². The molecule has 0 radical (unpaired) electrons. The van der Waals surface area contributed by atoms with Crippen LogP contribution in [0, 0.1) is 51.2 Å². The third-order valence-electron chi connectivity index (χ3n) is 12.6. The van der Waals surface area contributed by atoms with Crippen molar-refractivity contribution in [1.29, 1.82) is 0 Å². The van der Waals surface area contributed by atoms with E-state index in [2.05, 4.69) is 41.5 Å². The predicted molar refractivity (Wildman–Crippen MR) is 146 cm³/mol. The van der Waals surface area contributed by atoms with Crippen LogP contribution in [0.3, 0.4) is 0 Å². The third kappa shape index (κ3) is 3.55. The molecule has 4 heteroatoms. The molecule has 7 unspecified atom stereocenters. The Morgan fingerprint density at radius 2 is 1.62 bits per heavy atom. The Kier molecular flexibility index (Phi) is 6.07. The lowest BCUT2D eigenvalue weighted by molar-refractivity contribution is -0.204. The van der Waals surface area contributed by atoms with Crippen LogP contribution in [0.15, 0.2) is 11.1 Å². The van der Waals surface area contributed by atoms with Gasteiger partial charge in [-0.15, -0.1) is 0 Å². The topological polar surface area (TPSA) is 60.4 Å². The highest BCUT2D eigenvalue weighted by atomic mass is 16.6. The molecule has 0 aromatic heterocycles. The summed E-state index contributed by atoms with van der Waals surface area (Å²) in [4.78, 5) is 40.2. The van der Waals surface area contributed by atoms with E-state index in [4.69, 9.17) is 4.74 Å². The highest BCUT2D eigenvalue weighted by molar-refractivity contribution is 6.06. The van der Waals surface area contributed by atoms with Crippen molar-refractivity contribution in [3.63, 3.8) is 0 Å². The number of carbonyl (C=O) groups excluding carboxylic acids is 3. The van der Waals surface area contributed by atoms with Crippen molar-refractivity contribution in [2.45, 2.75) is 126 Å². The van der Waals surface area contributed by atoms with Gasteiger partial charge in [0.25, 0.3) is 0 Å². The molecule has 206 valence electrons. The number of hydrogen-bond acceptors (Lipinski definition) is 4. The number of hydrogen-bond donors (Lipinski definition) is 0. The van der Waals surface area contributed by atoms with E-state index in [-0.39, 0.29) is 52.2 Å². The summed E-state index contributed by atoms with van der Waals surface area (Å²) in [7, 11) is 0. The minimum atomic E-state index is -0.787. The number of carbonyl (C=O) groups is 3. The summed E-state index contributed by atoms with van der Waals surface area (Å²) in [5.74, 6) is 2.02. The summed E-state index contributed by atoms with van der Waals surface area (Å²) in [5.41, 5.74) is 1.07. The van der Waals surface area contributed by atoms with Gasteiger partial charge >= 0.3 is 5.97 Å². The number of Topliss-reactive ketones (excluding diaryl/α,β-unsaturated/α-hetero) is 2. The van der Waals surface area contributed by atoms with Crippen molar-refractivity contribution in [2.24, 2.45) is 51.2 Å². The molecule has 0 aromatic rings. The zero-order valence-corrected chi connectivity index (χ0v) is 24.9. The maximum absolute atomic E-state index is 13.9. The molecule has 0 saturated heterocycles. The van der Waals surface area contributed by atoms with Crippen LogP contribution >= 0.6 is 0 Å². The number of fused-ring (bicyclic) bond motifs is 7. The van der Waals surface area contributed by atoms with Gasteiger partial charge in [0.1, 0.15) is 11.4 Å². The fraction of sp³-hybridized carbons (Fsp3) is 0.848. The lowest BCUT2D eigenvalue weighted by atomic mass is 9.34. The molecule has 5 aliphatic rings. The first-order valence-corrected chi connectivity index (χ1v) is 15.1. The van der Waals surface area contributed by atoms with Crippen LogP contribution in [-0.4, -0.2) is 23.1 Å². The van der Waals surface area contributed by atoms with E-state index in [0.717, 1.165) is 56.1 Å². The molecule has 8 atom stereocenters. The smallest absolute Gasteiger partial charge is 0.317 e. The summed E-state index contributed by atoms with van der Waals surface area (Å²) in [5, 5.41) is 0. The minimum absolute atomic E-state index is 0.0280. The molecule has 5 rings (SSSR count). The second-order valence-corrected chi connectivity index (χ2v) is 15.6. The molecule has 0 bridgehead atoms. The first-order valence-electron chi connectivity index (χ1n) is 15.1. The van der Waals surface area contributed by atoms with Crippen LogP contribution in [-0.2, 0) is 19.1 Å². The van der Waals surface area contributed by atoms with Gasteiger partial charge < -0.3 is 4.74 Å². The zero-order chi connectivity index (χ0) is 27.3. The van der Waals surface area contributed by atoms with Crippen LogP contribution in [0.2, 0.25) is 0 Å². The SMILES string of the molecule is CC(C)C1=C2C3CCC4C5(C)CCC(=O)C(C)C5CCC4(C)[C@]3(C)CCC2(C(=O)OC(C)(C)C)CC1=O. The Bertz CT molecular complexity index is 1060. The fourth-order valence-corrected chi connectivity index (χ4v) is 10.7. The normalized spacial score (nSPS) is 45.8. The molecule has 37 heavy (non-hydrogen) atoms. The molecule has 0 N–H and O–H groups in total. The van der Waals surface area contributed by atoms with E-state index in [0.29, 0.717) is 24.0 Å². The molecule has 0 aliphatic heterocycles. The number of esters is 1. The van der Waals surface area contributed by atoms with Gasteiger partial charge in [-0.3, -0.25) is 14.4 Å². The molecule has 0 aromatic carbocycles. The van der Waals surface area contributed by atoms with E-state index in [1.165, 1.54) is 0 Å². The lowest BCUT2D eigenvalue weighted by Gasteiger charge is -2.70. The molecule has 0 amide bonds. The number of ketones is 2. The van der Waals surface area contributed by atoms with Crippen molar-refractivity contribution in [3.05, 3.63) is 11.1 Å². The fourth-order valence-electron chi connectivity index (χ4n) is 10.7. The first-order chi connectivity index (χ1) is 17.0. The highest BCUT2D eigenvalue weighted by Gasteiger charge is 2.70. The van der Waals surface area contributed by atoms with Crippen LogP contribution in [0.1, 0.15) is 120 Å². The first kappa shape index (κ1) is 27.1. The summed E-state index contributed by atoms with van der Waals surface area (Å²) in [6.45, 7) is 19.8. The van der Waals surface area contributed by atoms with Gasteiger partial charge in [-0.25, -0.2) is 0 Å². The third-order valence-corrected chi connectivity index (χ3v) is 12.6. The minimum Gasteiger partial charge on any atom is -0.459 e. The number of ether oxygens (including phenoxy) is 1. The van der Waals surface area contributed by atoms with Gasteiger partial charge in [0.15, 0.2) is 5.78 Å². The molecule has 4 fully saturated rings. The number of allylic oxidation sites excluding steroid dienone is 1. The van der Waals surface area contributed by atoms with Gasteiger partial charge in [-0.05, 0) is 117 Å². The Morgan fingerprint density at radius 1 is 0.946 bits per heavy atom. The molecule has 0 spiro atoms. The van der Waals surface area contributed by atoms with Crippen LogP contribution in [0.25, 0.3) is 0 Å². The van der Waals surface area contributed by atoms with Crippen molar-refractivity contribution in [3.8, 4) is 0 Å². The maximum atomic E-state index is 13.9. The largest absolute Gasteiger partial charge is 0.459 e.